The fraction of sp³-hybridized carbons (Fsp3) is 0.500. The van der Waals surface area contributed by atoms with Gasteiger partial charge in [0.1, 0.15) is 10.7 Å². The highest BCUT2D eigenvalue weighted by molar-refractivity contribution is 7.89. The molecule has 0 bridgehead atoms. The molecule has 0 amide bonds. The van der Waals surface area contributed by atoms with E-state index in [9.17, 15) is 8.42 Å². The van der Waals surface area contributed by atoms with Crippen LogP contribution in [0.5, 0.6) is 0 Å². The van der Waals surface area contributed by atoms with E-state index in [1.807, 2.05) is 0 Å². The minimum atomic E-state index is -3.49. The molecule has 1 heterocycles. The van der Waals surface area contributed by atoms with Gasteiger partial charge in [-0.15, -0.1) is 0 Å². The van der Waals surface area contributed by atoms with Crippen molar-refractivity contribution < 1.29 is 13.2 Å². The highest BCUT2D eigenvalue weighted by atomic mass is 32.2. The van der Waals surface area contributed by atoms with Crippen molar-refractivity contribution in [2.45, 2.75) is 29.9 Å². The number of hydrogen-bond donors (Lipinski definition) is 2. The molecule has 0 aliphatic heterocycles. The Morgan fingerprint density at radius 2 is 2.18 bits per heavy atom. The second kappa shape index (κ2) is 4.59. The Balaban J connectivity index is 2.02. The molecule has 0 radical (unpaired) electrons. The number of sulfonamides is 1. The normalized spacial score (nSPS) is 24.3. The monoisotopic (exact) mass is 257 g/mol. The van der Waals surface area contributed by atoms with Gasteiger partial charge in [0.15, 0.2) is 0 Å². The molecule has 1 aliphatic carbocycles. The van der Waals surface area contributed by atoms with Crippen LogP contribution < -0.4 is 10.5 Å². The lowest BCUT2D eigenvalue weighted by atomic mass is 9.90. The van der Waals surface area contributed by atoms with Gasteiger partial charge >= 0.3 is 0 Å². The van der Waals surface area contributed by atoms with Crippen molar-refractivity contribution in [3.05, 3.63) is 18.3 Å². The number of rotatable bonds is 4. The van der Waals surface area contributed by atoms with Crippen molar-refractivity contribution in [3.63, 3.8) is 0 Å². The lowest BCUT2D eigenvalue weighted by Gasteiger charge is -2.34. The molecule has 0 saturated heterocycles. The molecular weight excluding hydrogens is 242 g/mol. The average Bonchev–Trinajstić information content (AvgIpc) is 2.23. The van der Waals surface area contributed by atoms with E-state index >= 15 is 0 Å². The highest BCUT2D eigenvalue weighted by Crippen LogP contribution is 2.24. The molecule has 1 saturated carbocycles. The van der Waals surface area contributed by atoms with Gasteiger partial charge in [-0.1, -0.05) is 0 Å². The van der Waals surface area contributed by atoms with Crippen LogP contribution in [-0.4, -0.2) is 32.7 Å². The fourth-order valence-electron chi connectivity index (χ4n) is 1.69. The molecule has 1 aliphatic rings. The van der Waals surface area contributed by atoms with Gasteiger partial charge in [-0.3, -0.25) is 0 Å². The molecule has 7 heteroatoms. The summed E-state index contributed by atoms with van der Waals surface area (Å²) in [7, 11) is -1.87. The van der Waals surface area contributed by atoms with E-state index in [1.54, 1.807) is 7.11 Å². The van der Waals surface area contributed by atoms with Crippen molar-refractivity contribution in [1.29, 1.82) is 0 Å². The predicted molar refractivity (Wildman–Crippen MR) is 62.8 cm³/mol. The number of hydrogen-bond acceptors (Lipinski definition) is 5. The van der Waals surface area contributed by atoms with Gasteiger partial charge in [-0.05, 0) is 25.0 Å². The number of nitrogens with two attached hydrogens (primary N) is 1. The average molecular weight is 257 g/mol. The van der Waals surface area contributed by atoms with Crippen molar-refractivity contribution >= 4 is 15.8 Å². The van der Waals surface area contributed by atoms with Gasteiger partial charge in [0.2, 0.25) is 10.0 Å². The van der Waals surface area contributed by atoms with Crippen LogP contribution in [0.4, 0.5) is 5.82 Å². The lowest BCUT2D eigenvalue weighted by Crippen LogP contribution is -2.47. The highest BCUT2D eigenvalue weighted by Gasteiger charge is 2.32. The van der Waals surface area contributed by atoms with E-state index in [2.05, 4.69) is 9.71 Å². The van der Waals surface area contributed by atoms with Crippen LogP contribution in [0.15, 0.2) is 23.2 Å². The van der Waals surface area contributed by atoms with Crippen LogP contribution in [0.3, 0.4) is 0 Å². The Hall–Kier alpha value is -1.18. The topological polar surface area (TPSA) is 94.3 Å². The first kappa shape index (κ1) is 12.3. The standard InChI is InChI=1S/C10H15N3O3S/c1-16-8-4-7(5-8)13-17(14,15)9-2-3-10(11)12-6-9/h2-3,6-8,13H,4-5H2,1H3,(H2,11,12). The summed E-state index contributed by atoms with van der Waals surface area (Å²) in [6.45, 7) is 0. The number of anilines is 1. The molecule has 94 valence electrons. The third kappa shape index (κ3) is 2.74. The van der Waals surface area contributed by atoms with E-state index < -0.39 is 10.0 Å². The Kier molecular flexibility index (Phi) is 3.32. The zero-order valence-electron chi connectivity index (χ0n) is 9.46. The summed E-state index contributed by atoms with van der Waals surface area (Å²) in [5, 5.41) is 0. The van der Waals surface area contributed by atoms with E-state index in [1.165, 1.54) is 18.3 Å². The molecule has 0 spiro atoms. The smallest absolute Gasteiger partial charge is 0.242 e. The SMILES string of the molecule is COC1CC(NS(=O)(=O)c2ccc(N)nc2)C1. The number of pyridine rings is 1. The molecule has 0 atom stereocenters. The quantitative estimate of drug-likeness (QED) is 0.799. The molecule has 1 fully saturated rings. The maximum Gasteiger partial charge on any atom is 0.242 e. The zero-order valence-corrected chi connectivity index (χ0v) is 10.3. The summed E-state index contributed by atoms with van der Waals surface area (Å²) >= 11 is 0. The zero-order chi connectivity index (χ0) is 12.5. The van der Waals surface area contributed by atoms with Crippen LogP contribution in [0, 0.1) is 0 Å². The van der Waals surface area contributed by atoms with Gasteiger partial charge < -0.3 is 10.5 Å². The number of aromatic nitrogens is 1. The summed E-state index contributed by atoms with van der Waals surface area (Å²) in [5.74, 6) is 0.298. The Labute approximate surface area is 100 Å². The number of methoxy groups -OCH3 is 1. The minimum absolute atomic E-state index is 0.0532. The van der Waals surface area contributed by atoms with E-state index in [4.69, 9.17) is 10.5 Å². The predicted octanol–water partition coefficient (Wildman–Crippen LogP) is 0.120. The first-order chi connectivity index (χ1) is 8.01. The molecule has 17 heavy (non-hydrogen) atoms. The first-order valence-corrected chi connectivity index (χ1v) is 6.76. The molecule has 6 nitrogen and oxygen atoms in total. The minimum Gasteiger partial charge on any atom is -0.384 e. The second-order valence-corrected chi connectivity index (χ2v) is 5.78. The Morgan fingerprint density at radius 1 is 1.47 bits per heavy atom. The van der Waals surface area contributed by atoms with Crippen molar-refractivity contribution in [2.75, 3.05) is 12.8 Å². The van der Waals surface area contributed by atoms with Crippen molar-refractivity contribution in [3.8, 4) is 0 Å². The van der Waals surface area contributed by atoms with Crippen LogP contribution >= 0.6 is 0 Å². The van der Waals surface area contributed by atoms with Crippen LogP contribution in [-0.2, 0) is 14.8 Å². The molecule has 1 aromatic rings. The molecular formula is C10H15N3O3S. The summed E-state index contributed by atoms with van der Waals surface area (Å²) < 4.78 is 31.5. The molecule has 1 aromatic heterocycles. The number of nitrogen functional groups attached to an aromatic ring is 1. The molecule has 2 rings (SSSR count). The summed E-state index contributed by atoms with van der Waals surface area (Å²) in [6, 6.07) is 2.85. The number of ether oxygens (including phenoxy) is 1. The molecule has 3 N–H and O–H groups in total. The summed E-state index contributed by atoms with van der Waals surface area (Å²) in [6.07, 6.45) is 2.83. The maximum atomic E-state index is 11.9. The van der Waals surface area contributed by atoms with Gasteiger partial charge in [-0.25, -0.2) is 18.1 Å². The molecule has 0 unspecified atom stereocenters. The number of nitrogens with one attached hydrogen (secondary N) is 1. The molecule has 0 aromatic carbocycles. The Bertz CT molecular complexity index is 480. The maximum absolute atomic E-state index is 11.9. The van der Waals surface area contributed by atoms with Gasteiger partial charge in [0.05, 0.1) is 6.10 Å². The third-order valence-corrected chi connectivity index (χ3v) is 4.33. The van der Waals surface area contributed by atoms with E-state index in [-0.39, 0.29) is 17.0 Å². The number of nitrogens with zero attached hydrogens (tertiary/aromatic N) is 1. The largest absolute Gasteiger partial charge is 0.384 e. The van der Waals surface area contributed by atoms with Crippen LogP contribution in [0.1, 0.15) is 12.8 Å². The van der Waals surface area contributed by atoms with E-state index in [0.717, 1.165) is 0 Å². The van der Waals surface area contributed by atoms with Crippen LogP contribution in [0.25, 0.3) is 0 Å². The Morgan fingerprint density at radius 3 is 2.71 bits per heavy atom. The second-order valence-electron chi connectivity index (χ2n) is 4.07. The van der Waals surface area contributed by atoms with Gasteiger partial charge in [0.25, 0.3) is 0 Å². The van der Waals surface area contributed by atoms with Crippen LogP contribution in [0.2, 0.25) is 0 Å². The van der Waals surface area contributed by atoms with Gasteiger partial charge in [0, 0.05) is 19.3 Å². The fourth-order valence-corrected chi connectivity index (χ4v) is 2.90. The summed E-state index contributed by atoms with van der Waals surface area (Å²) in [5.41, 5.74) is 5.40. The van der Waals surface area contributed by atoms with E-state index in [0.29, 0.717) is 18.7 Å². The lowest BCUT2D eigenvalue weighted by molar-refractivity contribution is 0.0236. The van der Waals surface area contributed by atoms with Gasteiger partial charge in [-0.2, -0.15) is 0 Å². The van der Waals surface area contributed by atoms with Crippen molar-refractivity contribution in [2.24, 2.45) is 0 Å². The van der Waals surface area contributed by atoms with Crippen molar-refractivity contribution in [1.82, 2.24) is 9.71 Å². The first-order valence-electron chi connectivity index (χ1n) is 5.28. The third-order valence-electron chi connectivity index (χ3n) is 2.82. The summed E-state index contributed by atoms with van der Waals surface area (Å²) in [4.78, 5) is 3.89.